The molecule has 3 rings (SSSR count). The summed E-state index contributed by atoms with van der Waals surface area (Å²) in [5.74, 6) is 0.981. The first kappa shape index (κ1) is 21.8. The van der Waals surface area contributed by atoms with Crippen LogP contribution < -0.4 is 9.80 Å². The Balaban J connectivity index is 1.76. The van der Waals surface area contributed by atoms with Gasteiger partial charge in [0.15, 0.2) is 0 Å². The van der Waals surface area contributed by atoms with Crippen LogP contribution in [0.25, 0.3) is 22.9 Å². The molecule has 0 bridgehead atoms. The van der Waals surface area contributed by atoms with Crippen molar-refractivity contribution in [1.29, 1.82) is 0 Å². The summed E-state index contributed by atoms with van der Waals surface area (Å²) >= 11 is 0. The Hall–Kier alpha value is -3.86. The van der Waals surface area contributed by atoms with Crippen LogP contribution in [0.2, 0.25) is 0 Å². The molecule has 0 aliphatic rings. The van der Waals surface area contributed by atoms with Crippen LogP contribution in [-0.4, -0.2) is 36.4 Å². The third kappa shape index (κ3) is 5.39. The molecule has 2 aromatic carbocycles. The van der Waals surface area contributed by atoms with E-state index in [1.165, 1.54) is 0 Å². The quantitative estimate of drug-likeness (QED) is 0.354. The van der Waals surface area contributed by atoms with Gasteiger partial charge in [0.2, 0.25) is 11.8 Å². The molecule has 0 amide bonds. The van der Waals surface area contributed by atoms with E-state index in [1.807, 2.05) is 72.8 Å². The van der Waals surface area contributed by atoms with Crippen LogP contribution in [0.3, 0.4) is 0 Å². The Bertz CT molecular complexity index is 916. The smallest absolute Gasteiger partial charge is 0.248 e. The largest absolute Gasteiger partial charge is 0.416 e. The Morgan fingerprint density at radius 2 is 0.903 bits per heavy atom. The fourth-order valence-electron chi connectivity index (χ4n) is 3.28. The summed E-state index contributed by atoms with van der Waals surface area (Å²) < 4.78 is 5.93. The molecule has 1 heterocycles. The molecule has 5 nitrogen and oxygen atoms in total. The fraction of sp³-hybridized carbons (Fsp3) is 0.154. The number of rotatable bonds is 12. The maximum absolute atomic E-state index is 5.93. The molecular weight excluding hydrogens is 384 g/mol. The second-order valence-corrected chi connectivity index (χ2v) is 6.97. The van der Waals surface area contributed by atoms with E-state index in [0.29, 0.717) is 11.8 Å². The molecule has 1 aromatic heterocycles. The third-order valence-corrected chi connectivity index (χ3v) is 4.78. The van der Waals surface area contributed by atoms with Crippen molar-refractivity contribution in [2.75, 3.05) is 36.0 Å². The average molecular weight is 413 g/mol. The predicted molar refractivity (Wildman–Crippen MR) is 130 cm³/mol. The molecule has 0 fully saturated rings. The van der Waals surface area contributed by atoms with Gasteiger partial charge in [0.25, 0.3) is 0 Å². The van der Waals surface area contributed by atoms with E-state index >= 15 is 0 Å². The highest BCUT2D eigenvalue weighted by Crippen LogP contribution is 2.27. The van der Waals surface area contributed by atoms with Gasteiger partial charge in [-0.15, -0.1) is 36.5 Å². The van der Waals surface area contributed by atoms with Gasteiger partial charge in [0, 0.05) is 48.7 Å². The maximum atomic E-state index is 5.93. The van der Waals surface area contributed by atoms with Gasteiger partial charge in [-0.2, -0.15) is 0 Å². The summed E-state index contributed by atoms with van der Waals surface area (Å²) in [5.41, 5.74) is 3.92. The second-order valence-electron chi connectivity index (χ2n) is 6.97. The van der Waals surface area contributed by atoms with Crippen LogP contribution in [0.4, 0.5) is 11.4 Å². The molecule has 0 atom stereocenters. The highest BCUT2D eigenvalue weighted by atomic mass is 16.4. The molecule has 0 aliphatic heterocycles. The molecule has 0 unspecified atom stereocenters. The lowest BCUT2D eigenvalue weighted by Gasteiger charge is -2.21. The molecule has 0 spiro atoms. The first-order valence-electron chi connectivity index (χ1n) is 10.2. The van der Waals surface area contributed by atoms with E-state index in [9.17, 15) is 0 Å². The van der Waals surface area contributed by atoms with Crippen molar-refractivity contribution < 1.29 is 4.42 Å². The summed E-state index contributed by atoms with van der Waals surface area (Å²) in [4.78, 5) is 4.35. The molecule has 158 valence electrons. The van der Waals surface area contributed by atoms with E-state index in [0.717, 1.165) is 48.7 Å². The molecule has 0 saturated carbocycles. The molecule has 0 radical (unpaired) electrons. The third-order valence-electron chi connectivity index (χ3n) is 4.78. The van der Waals surface area contributed by atoms with E-state index in [2.05, 4.69) is 46.3 Å². The van der Waals surface area contributed by atoms with Gasteiger partial charge < -0.3 is 14.2 Å². The topological polar surface area (TPSA) is 45.4 Å². The lowest BCUT2D eigenvalue weighted by atomic mass is 10.2. The number of hydrogen-bond donors (Lipinski definition) is 0. The Labute approximate surface area is 184 Å². The first-order chi connectivity index (χ1) is 15.2. The van der Waals surface area contributed by atoms with Gasteiger partial charge in [-0.3, -0.25) is 0 Å². The predicted octanol–water partition coefficient (Wildman–Crippen LogP) is 5.76. The van der Waals surface area contributed by atoms with Gasteiger partial charge in [-0.05, 0) is 48.5 Å². The molecule has 3 aromatic rings. The minimum atomic E-state index is 0.490. The maximum Gasteiger partial charge on any atom is 0.248 e. The molecule has 0 saturated heterocycles. The zero-order valence-electron chi connectivity index (χ0n) is 17.8. The van der Waals surface area contributed by atoms with Crippen LogP contribution in [0.1, 0.15) is 0 Å². The number of nitrogens with zero attached hydrogens (tertiary/aromatic N) is 4. The summed E-state index contributed by atoms with van der Waals surface area (Å²) in [6.07, 6.45) is 7.50. The fourth-order valence-corrected chi connectivity index (χ4v) is 3.28. The Kier molecular flexibility index (Phi) is 7.60. The number of benzene rings is 2. The standard InChI is InChI=1S/C26H28N4O/c1-5-17-29(18-6-2)23-13-9-21(10-14-23)25-27-28-26(31-25)22-11-15-24(16-12-22)30(19-7-3)20-8-4/h5-16H,1-4,17-20H2. The Morgan fingerprint density at radius 1 is 0.581 bits per heavy atom. The summed E-state index contributed by atoms with van der Waals surface area (Å²) in [7, 11) is 0. The lowest BCUT2D eigenvalue weighted by Crippen LogP contribution is -2.22. The van der Waals surface area contributed by atoms with Crippen LogP contribution in [0, 0.1) is 0 Å². The van der Waals surface area contributed by atoms with Crippen molar-refractivity contribution >= 4 is 11.4 Å². The number of aromatic nitrogens is 2. The lowest BCUT2D eigenvalue weighted by molar-refractivity contribution is 0.584. The summed E-state index contributed by atoms with van der Waals surface area (Å²) in [5, 5.41) is 8.45. The van der Waals surface area contributed by atoms with Gasteiger partial charge >= 0.3 is 0 Å². The molecular formula is C26H28N4O. The van der Waals surface area contributed by atoms with E-state index in [-0.39, 0.29) is 0 Å². The van der Waals surface area contributed by atoms with Crippen LogP contribution >= 0.6 is 0 Å². The summed E-state index contributed by atoms with van der Waals surface area (Å²) in [6, 6.07) is 16.1. The van der Waals surface area contributed by atoms with Crippen LogP contribution in [0.15, 0.2) is 104 Å². The normalized spacial score (nSPS) is 10.3. The second kappa shape index (κ2) is 10.8. The first-order valence-corrected chi connectivity index (χ1v) is 10.2. The zero-order chi connectivity index (χ0) is 22.1. The highest BCUT2D eigenvalue weighted by molar-refractivity contribution is 5.63. The van der Waals surface area contributed by atoms with E-state index in [1.54, 1.807) is 0 Å². The van der Waals surface area contributed by atoms with Gasteiger partial charge in [0.05, 0.1) is 0 Å². The molecule has 0 N–H and O–H groups in total. The summed E-state index contributed by atoms with van der Waals surface area (Å²) in [6.45, 7) is 18.3. The zero-order valence-corrected chi connectivity index (χ0v) is 17.8. The highest BCUT2D eigenvalue weighted by Gasteiger charge is 2.12. The minimum Gasteiger partial charge on any atom is -0.416 e. The van der Waals surface area contributed by atoms with Gasteiger partial charge in [-0.1, -0.05) is 24.3 Å². The average Bonchev–Trinajstić information content (AvgIpc) is 3.29. The van der Waals surface area contributed by atoms with Crippen molar-refractivity contribution in [3.05, 3.63) is 99.2 Å². The molecule has 5 heteroatoms. The minimum absolute atomic E-state index is 0.490. The van der Waals surface area contributed by atoms with Crippen LogP contribution in [-0.2, 0) is 0 Å². The van der Waals surface area contributed by atoms with Crippen molar-refractivity contribution in [1.82, 2.24) is 10.2 Å². The molecule has 31 heavy (non-hydrogen) atoms. The number of anilines is 2. The monoisotopic (exact) mass is 412 g/mol. The number of hydrogen-bond acceptors (Lipinski definition) is 5. The van der Waals surface area contributed by atoms with Crippen LogP contribution in [0.5, 0.6) is 0 Å². The van der Waals surface area contributed by atoms with Crippen molar-refractivity contribution in [2.24, 2.45) is 0 Å². The molecule has 0 aliphatic carbocycles. The SMILES string of the molecule is C=CCN(CC=C)c1ccc(-c2nnc(-c3ccc(N(CC=C)CC=C)cc3)o2)cc1. The van der Waals surface area contributed by atoms with Crippen molar-refractivity contribution in [3.8, 4) is 22.9 Å². The van der Waals surface area contributed by atoms with E-state index < -0.39 is 0 Å². The van der Waals surface area contributed by atoms with Crippen molar-refractivity contribution in [2.45, 2.75) is 0 Å². The Morgan fingerprint density at radius 3 is 1.19 bits per heavy atom. The van der Waals surface area contributed by atoms with Crippen molar-refractivity contribution in [3.63, 3.8) is 0 Å². The van der Waals surface area contributed by atoms with E-state index in [4.69, 9.17) is 4.42 Å². The van der Waals surface area contributed by atoms with Gasteiger partial charge in [0.1, 0.15) is 0 Å². The van der Waals surface area contributed by atoms with Gasteiger partial charge in [-0.25, -0.2) is 0 Å².